The van der Waals surface area contributed by atoms with E-state index >= 15 is 0 Å². The normalized spacial score (nSPS) is 19.2. The third-order valence-electron chi connectivity index (χ3n) is 3.87. The van der Waals surface area contributed by atoms with E-state index in [0.29, 0.717) is 13.2 Å². The SMILES string of the molecule is CCNC(=NCCCOCCOC)N1CCC(CC(C)C)C1. The highest BCUT2D eigenvalue weighted by molar-refractivity contribution is 5.80. The molecule has 0 aromatic heterocycles. The molecular formula is C17H35N3O2. The molecule has 1 aliphatic rings. The topological polar surface area (TPSA) is 46.1 Å². The molecule has 5 heteroatoms. The van der Waals surface area contributed by atoms with Gasteiger partial charge in [-0.3, -0.25) is 4.99 Å². The summed E-state index contributed by atoms with van der Waals surface area (Å²) in [6, 6.07) is 0. The van der Waals surface area contributed by atoms with Crippen LogP contribution in [0.1, 0.15) is 40.0 Å². The second-order valence-electron chi connectivity index (χ2n) is 6.42. The fourth-order valence-electron chi connectivity index (χ4n) is 2.91. The van der Waals surface area contributed by atoms with Gasteiger partial charge in [0.15, 0.2) is 5.96 Å². The van der Waals surface area contributed by atoms with Gasteiger partial charge < -0.3 is 19.7 Å². The molecule has 0 saturated carbocycles. The van der Waals surface area contributed by atoms with Crippen molar-refractivity contribution in [2.45, 2.75) is 40.0 Å². The van der Waals surface area contributed by atoms with Crippen LogP contribution >= 0.6 is 0 Å². The van der Waals surface area contributed by atoms with Crippen LogP contribution in [0.5, 0.6) is 0 Å². The molecule has 1 rings (SSSR count). The van der Waals surface area contributed by atoms with Gasteiger partial charge in [-0.15, -0.1) is 0 Å². The lowest BCUT2D eigenvalue weighted by Crippen LogP contribution is -2.40. The van der Waals surface area contributed by atoms with Crippen LogP contribution in [0.4, 0.5) is 0 Å². The Kier molecular flexibility index (Phi) is 10.2. The van der Waals surface area contributed by atoms with E-state index in [1.54, 1.807) is 7.11 Å². The summed E-state index contributed by atoms with van der Waals surface area (Å²) >= 11 is 0. The number of hydrogen-bond acceptors (Lipinski definition) is 3. The summed E-state index contributed by atoms with van der Waals surface area (Å²) in [5.41, 5.74) is 0. The molecule has 1 unspecified atom stereocenters. The smallest absolute Gasteiger partial charge is 0.193 e. The first kappa shape index (κ1) is 19.2. The molecule has 1 saturated heterocycles. The van der Waals surface area contributed by atoms with E-state index in [-0.39, 0.29) is 0 Å². The van der Waals surface area contributed by atoms with Crippen molar-refractivity contribution >= 4 is 5.96 Å². The standard InChI is InChI=1S/C17H35N3O2/c1-5-18-17(19-8-6-10-22-12-11-21-4)20-9-7-16(14-20)13-15(2)3/h15-16H,5-14H2,1-4H3,(H,18,19). The number of nitrogens with zero attached hydrogens (tertiary/aromatic N) is 2. The van der Waals surface area contributed by atoms with Crippen molar-refractivity contribution in [3.05, 3.63) is 0 Å². The highest BCUT2D eigenvalue weighted by Gasteiger charge is 2.25. The lowest BCUT2D eigenvalue weighted by Gasteiger charge is -2.22. The van der Waals surface area contributed by atoms with Gasteiger partial charge in [0.25, 0.3) is 0 Å². The van der Waals surface area contributed by atoms with E-state index in [2.05, 4.69) is 31.0 Å². The second kappa shape index (κ2) is 11.7. The Morgan fingerprint density at radius 2 is 2.14 bits per heavy atom. The summed E-state index contributed by atoms with van der Waals surface area (Å²) < 4.78 is 10.4. The summed E-state index contributed by atoms with van der Waals surface area (Å²) in [4.78, 5) is 7.17. The van der Waals surface area contributed by atoms with Crippen LogP contribution in [-0.4, -0.2) is 64.0 Å². The summed E-state index contributed by atoms with van der Waals surface area (Å²) in [6.07, 6.45) is 3.58. The average molecular weight is 313 g/mol. The van der Waals surface area contributed by atoms with Gasteiger partial charge in [-0.05, 0) is 38.0 Å². The van der Waals surface area contributed by atoms with E-state index < -0.39 is 0 Å². The molecule has 0 spiro atoms. The number of nitrogens with one attached hydrogen (secondary N) is 1. The zero-order valence-electron chi connectivity index (χ0n) is 14.9. The molecule has 1 aliphatic heterocycles. The Balaban J connectivity index is 2.30. The van der Waals surface area contributed by atoms with Gasteiger partial charge in [0.05, 0.1) is 13.2 Å². The quantitative estimate of drug-likeness (QED) is 0.382. The number of likely N-dealkylation sites (tertiary alicyclic amines) is 1. The molecule has 0 aliphatic carbocycles. The summed E-state index contributed by atoms with van der Waals surface area (Å²) in [6.45, 7) is 12.9. The van der Waals surface area contributed by atoms with Crippen LogP contribution in [0.2, 0.25) is 0 Å². The van der Waals surface area contributed by atoms with E-state index in [9.17, 15) is 0 Å². The van der Waals surface area contributed by atoms with Gasteiger partial charge in [0.1, 0.15) is 0 Å². The van der Waals surface area contributed by atoms with Crippen molar-refractivity contribution < 1.29 is 9.47 Å². The molecule has 1 heterocycles. The third-order valence-corrected chi connectivity index (χ3v) is 3.87. The molecule has 5 nitrogen and oxygen atoms in total. The van der Waals surface area contributed by atoms with Crippen molar-refractivity contribution in [3.63, 3.8) is 0 Å². The fourth-order valence-corrected chi connectivity index (χ4v) is 2.91. The Labute approximate surface area is 136 Å². The summed E-state index contributed by atoms with van der Waals surface area (Å²) in [5, 5.41) is 3.42. The highest BCUT2D eigenvalue weighted by Crippen LogP contribution is 2.23. The monoisotopic (exact) mass is 313 g/mol. The molecule has 130 valence electrons. The first-order chi connectivity index (χ1) is 10.7. The van der Waals surface area contributed by atoms with Gasteiger partial charge in [-0.2, -0.15) is 0 Å². The van der Waals surface area contributed by atoms with Gasteiger partial charge in [0.2, 0.25) is 0 Å². The van der Waals surface area contributed by atoms with Crippen molar-refractivity contribution in [2.75, 3.05) is 53.1 Å². The van der Waals surface area contributed by atoms with Crippen molar-refractivity contribution in [1.82, 2.24) is 10.2 Å². The number of ether oxygens (including phenoxy) is 2. The third kappa shape index (κ3) is 7.99. The van der Waals surface area contributed by atoms with Gasteiger partial charge in [0, 0.05) is 39.9 Å². The number of methoxy groups -OCH3 is 1. The zero-order valence-corrected chi connectivity index (χ0v) is 14.9. The molecule has 1 fully saturated rings. The Hall–Kier alpha value is -0.810. The maximum absolute atomic E-state index is 5.47. The highest BCUT2D eigenvalue weighted by atomic mass is 16.5. The minimum Gasteiger partial charge on any atom is -0.382 e. The molecule has 0 amide bonds. The van der Waals surface area contributed by atoms with E-state index in [1.165, 1.54) is 12.8 Å². The zero-order chi connectivity index (χ0) is 16.2. The van der Waals surface area contributed by atoms with E-state index in [4.69, 9.17) is 14.5 Å². The number of hydrogen-bond donors (Lipinski definition) is 1. The van der Waals surface area contributed by atoms with E-state index in [0.717, 1.165) is 57.0 Å². The van der Waals surface area contributed by atoms with Crippen molar-refractivity contribution in [3.8, 4) is 0 Å². The Morgan fingerprint density at radius 3 is 2.82 bits per heavy atom. The predicted octanol–water partition coefficient (Wildman–Crippen LogP) is 2.37. The molecule has 1 N–H and O–H groups in total. The maximum atomic E-state index is 5.47. The van der Waals surface area contributed by atoms with Gasteiger partial charge in [-0.1, -0.05) is 13.8 Å². The van der Waals surface area contributed by atoms with Crippen molar-refractivity contribution in [1.29, 1.82) is 0 Å². The number of guanidine groups is 1. The molecular weight excluding hydrogens is 278 g/mol. The first-order valence-electron chi connectivity index (χ1n) is 8.77. The lowest BCUT2D eigenvalue weighted by molar-refractivity contribution is 0.0702. The largest absolute Gasteiger partial charge is 0.382 e. The second-order valence-corrected chi connectivity index (χ2v) is 6.42. The first-order valence-corrected chi connectivity index (χ1v) is 8.77. The average Bonchev–Trinajstić information content (AvgIpc) is 2.92. The van der Waals surface area contributed by atoms with Crippen LogP contribution in [-0.2, 0) is 9.47 Å². The van der Waals surface area contributed by atoms with Gasteiger partial charge in [-0.25, -0.2) is 0 Å². The molecule has 0 bridgehead atoms. The molecule has 22 heavy (non-hydrogen) atoms. The van der Waals surface area contributed by atoms with Gasteiger partial charge >= 0.3 is 0 Å². The summed E-state index contributed by atoms with van der Waals surface area (Å²) in [5.74, 6) is 2.68. The summed E-state index contributed by atoms with van der Waals surface area (Å²) in [7, 11) is 1.69. The molecule has 1 atom stereocenters. The maximum Gasteiger partial charge on any atom is 0.193 e. The van der Waals surface area contributed by atoms with Crippen LogP contribution in [0.25, 0.3) is 0 Å². The minimum atomic E-state index is 0.664. The fraction of sp³-hybridized carbons (Fsp3) is 0.941. The molecule has 0 aromatic rings. The number of aliphatic imine (C=N–C) groups is 1. The minimum absolute atomic E-state index is 0.664. The molecule has 0 radical (unpaired) electrons. The molecule has 0 aromatic carbocycles. The van der Waals surface area contributed by atoms with Crippen LogP contribution in [0.15, 0.2) is 4.99 Å². The van der Waals surface area contributed by atoms with Crippen LogP contribution in [0, 0.1) is 11.8 Å². The Bertz CT molecular complexity index is 308. The van der Waals surface area contributed by atoms with Crippen molar-refractivity contribution in [2.24, 2.45) is 16.8 Å². The van der Waals surface area contributed by atoms with Crippen LogP contribution < -0.4 is 5.32 Å². The predicted molar refractivity (Wildman–Crippen MR) is 92.4 cm³/mol. The lowest BCUT2D eigenvalue weighted by atomic mass is 9.97. The Morgan fingerprint density at radius 1 is 1.32 bits per heavy atom. The van der Waals surface area contributed by atoms with Crippen LogP contribution in [0.3, 0.4) is 0 Å². The van der Waals surface area contributed by atoms with E-state index in [1.807, 2.05) is 0 Å². The number of rotatable bonds is 10.